The molecule has 0 bridgehead atoms. The zero-order chi connectivity index (χ0) is 29.4. The third-order valence-corrected chi connectivity index (χ3v) is 7.49. The number of rotatable bonds is 7. The Kier molecular flexibility index (Phi) is 8.32. The number of amides is 2. The van der Waals surface area contributed by atoms with Gasteiger partial charge in [0, 0.05) is 17.7 Å². The van der Waals surface area contributed by atoms with Gasteiger partial charge in [-0.05, 0) is 79.5 Å². The molecule has 3 aromatic rings. The maximum absolute atomic E-state index is 13.0. The van der Waals surface area contributed by atoms with E-state index in [-0.39, 0.29) is 37.4 Å². The van der Waals surface area contributed by atoms with Crippen LogP contribution in [0.3, 0.4) is 0 Å². The number of hydrogen-bond acceptors (Lipinski definition) is 8. The minimum Gasteiger partial charge on any atom is -0.448 e. The second kappa shape index (κ2) is 11.4. The van der Waals surface area contributed by atoms with Gasteiger partial charge in [-0.15, -0.1) is 0 Å². The summed E-state index contributed by atoms with van der Waals surface area (Å²) in [5, 5.41) is 22.0. The van der Waals surface area contributed by atoms with Crippen LogP contribution in [0.4, 0.5) is 29.3 Å². The zero-order valence-corrected chi connectivity index (χ0v) is 23.5. The molecule has 1 fully saturated rings. The van der Waals surface area contributed by atoms with Gasteiger partial charge in [-0.3, -0.25) is 34.7 Å². The maximum atomic E-state index is 13.0. The molecular weight excluding hydrogens is 691 g/mol. The Labute approximate surface area is 243 Å². The van der Waals surface area contributed by atoms with E-state index in [4.69, 9.17) is 4.74 Å². The average Bonchev–Trinajstić information content (AvgIpc) is 3.13. The lowest BCUT2D eigenvalue weighted by atomic mass is 10.1. The molecule has 10 nitrogen and oxygen atoms in total. The summed E-state index contributed by atoms with van der Waals surface area (Å²) in [6.07, 6.45) is -3.40. The van der Waals surface area contributed by atoms with Crippen LogP contribution in [0, 0.1) is 20.2 Å². The first-order chi connectivity index (χ1) is 18.8. The van der Waals surface area contributed by atoms with Crippen LogP contribution in [0.25, 0.3) is 6.08 Å². The minimum absolute atomic E-state index is 0.00417. The molecule has 0 radical (unpaired) electrons. The molecule has 0 atom stereocenters. The van der Waals surface area contributed by atoms with Crippen molar-refractivity contribution in [2.45, 2.75) is 12.7 Å². The predicted molar refractivity (Wildman–Crippen MR) is 145 cm³/mol. The number of nitro groups is 2. The van der Waals surface area contributed by atoms with E-state index < -0.39 is 44.2 Å². The van der Waals surface area contributed by atoms with Gasteiger partial charge in [0.25, 0.3) is 16.8 Å². The van der Waals surface area contributed by atoms with Gasteiger partial charge in [0.05, 0.1) is 35.8 Å². The quantitative estimate of drug-likeness (QED) is 0.137. The molecular formula is C24H12Br2F3N3O7S. The SMILES string of the molecule is O=C1S/C(=C\c2cc(Br)c(Oc3ccc(C(F)(F)F)cc3[N+](=O)[O-])c(Br)c2)C(=O)N1Cc1ccccc1[N+](=O)[O-]. The summed E-state index contributed by atoms with van der Waals surface area (Å²) < 4.78 is 45.0. The number of alkyl halides is 3. The molecule has 40 heavy (non-hydrogen) atoms. The van der Waals surface area contributed by atoms with Crippen LogP contribution >= 0.6 is 43.6 Å². The highest BCUT2D eigenvalue weighted by molar-refractivity contribution is 9.11. The summed E-state index contributed by atoms with van der Waals surface area (Å²) in [5.41, 5.74) is -1.77. The standard InChI is InChI=1S/C24H12Br2F3N3O7S/c25-15-7-12(8-16(26)21(15)39-19-6-5-14(24(27,28)29)10-18(19)32(37)38)9-20-22(33)30(23(34)40-20)11-13-3-1-2-4-17(13)31(35)36/h1-10H,11H2/b20-9-. The highest BCUT2D eigenvalue weighted by Gasteiger charge is 2.36. The molecule has 0 aliphatic carbocycles. The molecule has 0 N–H and O–H groups in total. The molecule has 0 aromatic heterocycles. The van der Waals surface area contributed by atoms with Crippen molar-refractivity contribution < 1.29 is 37.3 Å². The van der Waals surface area contributed by atoms with Crippen molar-refractivity contribution in [3.8, 4) is 11.5 Å². The van der Waals surface area contributed by atoms with Gasteiger partial charge in [-0.25, -0.2) is 0 Å². The maximum Gasteiger partial charge on any atom is 0.416 e. The summed E-state index contributed by atoms with van der Waals surface area (Å²) in [4.78, 5) is 47.4. The molecule has 0 unspecified atom stereocenters. The third-order valence-electron chi connectivity index (χ3n) is 5.40. The summed E-state index contributed by atoms with van der Waals surface area (Å²) in [7, 11) is 0. The van der Waals surface area contributed by atoms with E-state index >= 15 is 0 Å². The van der Waals surface area contributed by atoms with Crippen LogP contribution in [0.15, 0.2) is 68.4 Å². The molecule has 16 heteroatoms. The minimum atomic E-state index is -4.79. The molecule has 4 rings (SSSR count). The second-order valence-corrected chi connectivity index (χ2v) is 10.7. The summed E-state index contributed by atoms with van der Waals surface area (Å²) in [6, 6.07) is 10.5. The number of thioether (sulfide) groups is 1. The van der Waals surface area contributed by atoms with Crippen LogP contribution in [0.2, 0.25) is 0 Å². The number of imide groups is 1. The van der Waals surface area contributed by atoms with Gasteiger partial charge < -0.3 is 4.74 Å². The molecule has 1 heterocycles. The first-order valence-electron chi connectivity index (χ1n) is 10.8. The van der Waals surface area contributed by atoms with E-state index in [9.17, 15) is 43.0 Å². The zero-order valence-electron chi connectivity index (χ0n) is 19.5. The predicted octanol–water partition coefficient (Wildman–Crippen LogP) is 8.08. The molecule has 0 saturated carbocycles. The summed E-state index contributed by atoms with van der Waals surface area (Å²) >= 11 is 7.14. The normalized spacial score (nSPS) is 14.6. The largest absolute Gasteiger partial charge is 0.448 e. The summed E-state index contributed by atoms with van der Waals surface area (Å²) in [6.45, 7) is -0.300. The molecule has 3 aromatic carbocycles. The number of nitro benzene ring substituents is 2. The van der Waals surface area contributed by atoms with Crippen LogP contribution in [-0.2, 0) is 17.5 Å². The lowest BCUT2D eigenvalue weighted by molar-refractivity contribution is -0.385. The van der Waals surface area contributed by atoms with E-state index in [1.165, 1.54) is 36.4 Å². The van der Waals surface area contributed by atoms with Crippen molar-refractivity contribution >= 4 is 72.2 Å². The molecule has 206 valence electrons. The van der Waals surface area contributed by atoms with Crippen LogP contribution in [0.5, 0.6) is 11.5 Å². The number of benzene rings is 3. The van der Waals surface area contributed by atoms with Crippen molar-refractivity contribution in [2.75, 3.05) is 0 Å². The summed E-state index contributed by atoms with van der Waals surface area (Å²) in [5.74, 6) is -1.10. The Balaban J connectivity index is 1.60. The van der Waals surface area contributed by atoms with Gasteiger partial charge in [-0.2, -0.15) is 13.2 Å². The lowest BCUT2D eigenvalue weighted by Gasteiger charge is -2.13. The lowest BCUT2D eigenvalue weighted by Crippen LogP contribution is -2.27. The van der Waals surface area contributed by atoms with Crippen LogP contribution in [-0.4, -0.2) is 25.9 Å². The molecule has 0 spiro atoms. The second-order valence-electron chi connectivity index (χ2n) is 8.01. The fraction of sp³-hybridized carbons (Fsp3) is 0.0833. The van der Waals surface area contributed by atoms with Gasteiger partial charge in [0.15, 0.2) is 5.75 Å². The number of carbonyl (C=O) groups is 2. The Morgan fingerprint density at radius 2 is 1.57 bits per heavy atom. The number of ether oxygens (including phenoxy) is 1. The van der Waals surface area contributed by atoms with E-state index in [1.807, 2.05) is 0 Å². The molecule has 1 aliphatic heterocycles. The average molecular weight is 703 g/mol. The number of nitrogens with zero attached hydrogens (tertiary/aromatic N) is 3. The molecule has 2 amide bonds. The van der Waals surface area contributed by atoms with Gasteiger partial charge in [-0.1, -0.05) is 18.2 Å². The van der Waals surface area contributed by atoms with Gasteiger partial charge in [0.1, 0.15) is 0 Å². The Hall–Kier alpha value is -3.76. The van der Waals surface area contributed by atoms with Crippen molar-refractivity contribution in [2.24, 2.45) is 0 Å². The number of para-hydroxylation sites is 1. The monoisotopic (exact) mass is 701 g/mol. The molecule has 1 saturated heterocycles. The van der Waals surface area contributed by atoms with E-state index in [0.717, 1.165) is 11.0 Å². The topological polar surface area (TPSA) is 133 Å². The molecule has 1 aliphatic rings. The Bertz CT molecular complexity index is 1590. The smallest absolute Gasteiger partial charge is 0.416 e. The van der Waals surface area contributed by atoms with Crippen molar-refractivity contribution in [3.63, 3.8) is 0 Å². The fourth-order valence-corrected chi connectivity index (χ4v) is 5.80. The number of hydrogen-bond donors (Lipinski definition) is 0. The first-order valence-corrected chi connectivity index (χ1v) is 13.2. The van der Waals surface area contributed by atoms with Gasteiger partial charge in [0.2, 0.25) is 5.75 Å². The Morgan fingerprint density at radius 3 is 2.17 bits per heavy atom. The van der Waals surface area contributed by atoms with Crippen molar-refractivity contribution in [1.82, 2.24) is 4.90 Å². The highest BCUT2D eigenvalue weighted by atomic mass is 79.9. The van der Waals surface area contributed by atoms with Crippen molar-refractivity contribution in [1.29, 1.82) is 0 Å². The van der Waals surface area contributed by atoms with Crippen molar-refractivity contribution in [3.05, 3.63) is 105 Å². The van der Waals surface area contributed by atoms with E-state index in [1.54, 1.807) is 6.07 Å². The third kappa shape index (κ3) is 6.18. The number of halogens is 5. The van der Waals surface area contributed by atoms with Crippen LogP contribution in [0.1, 0.15) is 16.7 Å². The fourth-order valence-electron chi connectivity index (χ4n) is 3.57. The van der Waals surface area contributed by atoms with Crippen LogP contribution < -0.4 is 4.74 Å². The van der Waals surface area contributed by atoms with E-state index in [0.29, 0.717) is 29.5 Å². The van der Waals surface area contributed by atoms with Gasteiger partial charge >= 0.3 is 11.9 Å². The Morgan fingerprint density at radius 1 is 0.950 bits per heavy atom. The number of carbonyl (C=O) groups excluding carboxylic acids is 2. The highest BCUT2D eigenvalue weighted by Crippen LogP contribution is 2.43. The van der Waals surface area contributed by atoms with E-state index in [2.05, 4.69) is 31.9 Å². The first kappa shape index (κ1) is 29.2.